The number of hydrogen-bond donors (Lipinski definition) is 1. The van der Waals surface area contributed by atoms with E-state index in [-0.39, 0.29) is 5.70 Å². The van der Waals surface area contributed by atoms with Gasteiger partial charge in [-0.15, -0.1) is 0 Å². The lowest BCUT2D eigenvalue weighted by Crippen LogP contribution is -2.15. The van der Waals surface area contributed by atoms with E-state index in [2.05, 4.69) is 14.8 Å². The Morgan fingerprint density at radius 3 is 2.33 bits per heavy atom. The van der Waals surface area contributed by atoms with E-state index in [0.29, 0.717) is 22.2 Å². The first-order valence-electron chi connectivity index (χ1n) is 8.03. The Hall–Kier alpha value is -2.99. The first-order chi connectivity index (χ1) is 12.8. The molecule has 0 fully saturated rings. The molecule has 0 bridgehead atoms. The van der Waals surface area contributed by atoms with Crippen molar-refractivity contribution in [1.29, 1.82) is 0 Å². The molecule has 142 valence electrons. The Morgan fingerprint density at radius 1 is 1.00 bits per heavy atom. The fraction of sp³-hybridized carbons (Fsp3) is 0.200. The second-order valence-electron chi connectivity index (χ2n) is 5.69. The highest BCUT2D eigenvalue weighted by atomic mass is 35.5. The number of anilines is 1. The maximum atomic E-state index is 11.8. The van der Waals surface area contributed by atoms with Crippen LogP contribution in [0.4, 0.5) is 5.69 Å². The van der Waals surface area contributed by atoms with Gasteiger partial charge in [0.2, 0.25) is 0 Å². The van der Waals surface area contributed by atoms with Gasteiger partial charge >= 0.3 is 11.9 Å². The predicted octanol–water partition coefficient (Wildman–Crippen LogP) is 4.39. The number of hydrogen-bond acceptors (Lipinski definition) is 6. The highest BCUT2D eigenvalue weighted by molar-refractivity contribution is 6.32. The zero-order valence-corrected chi connectivity index (χ0v) is 16.2. The fourth-order valence-corrected chi connectivity index (χ4v) is 2.37. The molecule has 0 unspecified atom stereocenters. The monoisotopic (exact) mass is 389 g/mol. The van der Waals surface area contributed by atoms with Crippen LogP contribution in [0.2, 0.25) is 5.02 Å². The first-order valence-corrected chi connectivity index (χ1v) is 8.41. The molecular weight excluding hydrogens is 370 g/mol. The van der Waals surface area contributed by atoms with Crippen molar-refractivity contribution in [2.24, 2.45) is 0 Å². The van der Waals surface area contributed by atoms with Gasteiger partial charge in [0.1, 0.15) is 17.2 Å². The average Bonchev–Trinajstić information content (AvgIpc) is 2.65. The largest absolute Gasteiger partial charge is 0.466 e. The summed E-state index contributed by atoms with van der Waals surface area (Å²) in [5.41, 5.74) is 2.68. The SMILES string of the molecule is COC(=O)/C=C(/Nc1ccc(Oc2ccc(C)c(C)c2)c(Cl)c1)C(=O)OC. The number of carbonyl (C=O) groups is 2. The quantitative estimate of drug-likeness (QED) is 0.583. The number of carbonyl (C=O) groups excluding carboxylic acids is 2. The van der Waals surface area contributed by atoms with Gasteiger partial charge in [0.15, 0.2) is 0 Å². The van der Waals surface area contributed by atoms with Crippen LogP contribution >= 0.6 is 11.6 Å². The van der Waals surface area contributed by atoms with Crippen LogP contribution in [0.5, 0.6) is 11.5 Å². The summed E-state index contributed by atoms with van der Waals surface area (Å²) < 4.78 is 15.0. The number of ether oxygens (including phenoxy) is 3. The van der Waals surface area contributed by atoms with Crippen molar-refractivity contribution in [3.8, 4) is 11.5 Å². The summed E-state index contributed by atoms with van der Waals surface area (Å²) in [6.45, 7) is 4.02. The maximum absolute atomic E-state index is 11.8. The lowest BCUT2D eigenvalue weighted by atomic mass is 10.1. The molecule has 0 radical (unpaired) electrons. The molecule has 1 N–H and O–H groups in total. The van der Waals surface area contributed by atoms with Crippen molar-refractivity contribution >= 4 is 29.2 Å². The smallest absolute Gasteiger partial charge is 0.354 e. The highest BCUT2D eigenvalue weighted by Gasteiger charge is 2.14. The Balaban J connectivity index is 2.21. The number of benzene rings is 2. The summed E-state index contributed by atoms with van der Waals surface area (Å²) in [5, 5.41) is 3.12. The topological polar surface area (TPSA) is 73.9 Å². The standard InChI is InChI=1S/C20H20ClNO5/c1-12-5-7-15(9-13(12)2)27-18-8-6-14(10-16(18)21)22-17(20(24)26-4)11-19(23)25-3/h5-11,22H,1-4H3/b17-11+. The Bertz CT molecular complexity index is 892. The number of rotatable bonds is 6. The second-order valence-corrected chi connectivity index (χ2v) is 6.10. The molecule has 27 heavy (non-hydrogen) atoms. The molecular formula is C20H20ClNO5. The average molecular weight is 390 g/mol. The van der Waals surface area contributed by atoms with Crippen LogP contribution in [-0.4, -0.2) is 26.2 Å². The van der Waals surface area contributed by atoms with E-state index in [4.69, 9.17) is 16.3 Å². The van der Waals surface area contributed by atoms with Crippen molar-refractivity contribution in [3.63, 3.8) is 0 Å². The molecule has 0 aliphatic carbocycles. The summed E-state index contributed by atoms with van der Waals surface area (Å²) in [4.78, 5) is 23.2. The lowest BCUT2D eigenvalue weighted by molar-refractivity contribution is -0.138. The summed E-state index contributed by atoms with van der Waals surface area (Å²) >= 11 is 6.29. The van der Waals surface area contributed by atoms with Gasteiger partial charge in [-0.1, -0.05) is 17.7 Å². The minimum atomic E-state index is -0.716. The Kier molecular flexibility index (Phi) is 6.85. The third-order valence-corrected chi connectivity index (χ3v) is 4.08. The first kappa shape index (κ1) is 20.3. The Morgan fingerprint density at radius 2 is 1.74 bits per heavy atom. The molecule has 0 aliphatic rings. The van der Waals surface area contributed by atoms with Crippen molar-refractivity contribution in [2.45, 2.75) is 13.8 Å². The van der Waals surface area contributed by atoms with Crippen molar-refractivity contribution in [2.75, 3.05) is 19.5 Å². The van der Waals surface area contributed by atoms with Gasteiger partial charge in [-0.25, -0.2) is 9.59 Å². The number of nitrogens with one attached hydrogen (secondary N) is 1. The van der Waals surface area contributed by atoms with Gasteiger partial charge in [0, 0.05) is 5.69 Å². The van der Waals surface area contributed by atoms with Crippen molar-refractivity contribution < 1.29 is 23.8 Å². The van der Waals surface area contributed by atoms with E-state index < -0.39 is 11.9 Å². The van der Waals surface area contributed by atoms with E-state index in [0.717, 1.165) is 11.6 Å². The van der Waals surface area contributed by atoms with Crippen LogP contribution in [0.1, 0.15) is 11.1 Å². The van der Waals surface area contributed by atoms with E-state index in [9.17, 15) is 9.59 Å². The molecule has 2 rings (SSSR count). The molecule has 0 aromatic heterocycles. The van der Waals surface area contributed by atoms with Crippen LogP contribution in [0.15, 0.2) is 48.2 Å². The third-order valence-electron chi connectivity index (χ3n) is 3.79. The molecule has 0 saturated carbocycles. The van der Waals surface area contributed by atoms with Gasteiger partial charge < -0.3 is 19.5 Å². The second kappa shape index (κ2) is 9.09. The molecule has 7 heteroatoms. The van der Waals surface area contributed by atoms with Crippen LogP contribution in [0.3, 0.4) is 0 Å². The van der Waals surface area contributed by atoms with Gasteiger partial charge in [-0.2, -0.15) is 0 Å². The predicted molar refractivity (Wildman–Crippen MR) is 103 cm³/mol. The number of aryl methyl sites for hydroxylation is 2. The summed E-state index contributed by atoms with van der Waals surface area (Å²) in [6.07, 6.45) is 0.999. The summed E-state index contributed by atoms with van der Waals surface area (Å²) in [7, 11) is 2.42. The van der Waals surface area contributed by atoms with Crippen LogP contribution in [0, 0.1) is 13.8 Å². The van der Waals surface area contributed by atoms with E-state index in [1.165, 1.54) is 19.8 Å². The summed E-state index contributed by atoms with van der Waals surface area (Å²) in [5.74, 6) is -0.278. The zero-order chi connectivity index (χ0) is 20.0. The zero-order valence-electron chi connectivity index (χ0n) is 15.5. The normalized spacial score (nSPS) is 10.9. The Labute approximate surface area is 162 Å². The van der Waals surface area contributed by atoms with E-state index in [1.807, 2.05) is 32.0 Å². The van der Waals surface area contributed by atoms with Crippen molar-refractivity contribution in [3.05, 3.63) is 64.3 Å². The lowest BCUT2D eigenvalue weighted by Gasteiger charge is -2.12. The van der Waals surface area contributed by atoms with Gasteiger partial charge in [-0.3, -0.25) is 0 Å². The molecule has 0 aliphatic heterocycles. The molecule has 0 saturated heterocycles. The number of halogens is 1. The van der Waals surface area contributed by atoms with Crippen molar-refractivity contribution in [1.82, 2.24) is 0 Å². The minimum Gasteiger partial charge on any atom is -0.466 e. The molecule has 6 nitrogen and oxygen atoms in total. The molecule has 0 amide bonds. The molecule has 0 atom stereocenters. The molecule has 0 heterocycles. The molecule has 2 aromatic carbocycles. The molecule has 2 aromatic rings. The van der Waals surface area contributed by atoms with Gasteiger partial charge in [-0.05, 0) is 55.3 Å². The van der Waals surface area contributed by atoms with Crippen LogP contribution in [-0.2, 0) is 19.1 Å². The van der Waals surface area contributed by atoms with E-state index >= 15 is 0 Å². The highest BCUT2D eigenvalue weighted by Crippen LogP contribution is 2.32. The van der Waals surface area contributed by atoms with Crippen LogP contribution in [0.25, 0.3) is 0 Å². The molecule has 0 spiro atoms. The fourth-order valence-electron chi connectivity index (χ4n) is 2.15. The maximum Gasteiger partial charge on any atom is 0.354 e. The number of esters is 2. The van der Waals surface area contributed by atoms with Gasteiger partial charge in [0.25, 0.3) is 0 Å². The number of methoxy groups -OCH3 is 2. The third kappa shape index (κ3) is 5.49. The summed E-state index contributed by atoms with van der Waals surface area (Å²) in [6, 6.07) is 10.6. The van der Waals surface area contributed by atoms with Crippen LogP contribution < -0.4 is 10.1 Å². The van der Waals surface area contributed by atoms with Gasteiger partial charge in [0.05, 0.1) is 25.3 Å². The minimum absolute atomic E-state index is 0.0803. The van der Waals surface area contributed by atoms with E-state index in [1.54, 1.807) is 18.2 Å².